The van der Waals surface area contributed by atoms with E-state index in [1.807, 2.05) is 6.92 Å². The van der Waals surface area contributed by atoms with Crippen molar-refractivity contribution in [2.24, 2.45) is 5.92 Å². The van der Waals surface area contributed by atoms with Crippen LogP contribution in [0.15, 0.2) is 0 Å². The second-order valence-corrected chi connectivity index (χ2v) is 12.9. The van der Waals surface area contributed by atoms with E-state index < -0.39 is 17.9 Å². The average molecular weight is 939 g/mol. The summed E-state index contributed by atoms with van der Waals surface area (Å²) in [7, 11) is 0. The Morgan fingerprint density at radius 3 is 0.594 bits per heavy atom. The van der Waals surface area contributed by atoms with Crippen LogP contribution in [0.4, 0.5) is 0 Å². The number of rotatable bonds is 56. The highest BCUT2D eigenvalue weighted by atomic mass is 16.6. The normalized spacial score (nSPS) is 11.6. The van der Waals surface area contributed by atoms with E-state index in [-0.39, 0.29) is 39.6 Å². The minimum atomic E-state index is -1.01. The molecule has 0 aromatic carbocycles. The topological polar surface area (TPSA) is 241 Å². The highest BCUT2D eigenvalue weighted by Crippen LogP contribution is 2.11. The van der Waals surface area contributed by atoms with Gasteiger partial charge in [-0.1, -0.05) is 13.3 Å². The number of hydrogen-bond donors (Lipinski definition) is 2. The van der Waals surface area contributed by atoms with Crippen LogP contribution >= 0.6 is 0 Å². The molecule has 22 heteroatoms. The third-order valence-corrected chi connectivity index (χ3v) is 7.77. The predicted octanol–water partition coefficient (Wildman–Crippen LogP) is -0.261. The summed E-state index contributed by atoms with van der Waals surface area (Å²) < 4.78 is 96.7. The van der Waals surface area contributed by atoms with E-state index in [9.17, 15) is 9.59 Å². The van der Waals surface area contributed by atoms with Gasteiger partial charge >= 0.3 is 11.9 Å². The molecule has 0 radical (unpaired) electrons. The Balaban J connectivity index is 3.47. The van der Waals surface area contributed by atoms with Gasteiger partial charge in [-0.2, -0.15) is 0 Å². The van der Waals surface area contributed by atoms with Gasteiger partial charge in [0.05, 0.1) is 225 Å². The molecule has 0 fully saturated rings. The number of hydrogen-bond acceptors (Lipinski definition) is 22. The number of carbonyl (C=O) groups is 2. The molecule has 0 saturated heterocycles. The Hall–Kier alpha value is -1.78. The number of aliphatic hydroxyl groups is 2. The van der Waals surface area contributed by atoms with Crippen LogP contribution in [0.25, 0.3) is 0 Å². The fourth-order valence-corrected chi connectivity index (χ4v) is 4.64. The van der Waals surface area contributed by atoms with Gasteiger partial charge in [-0.15, -0.1) is 0 Å². The Morgan fingerprint density at radius 2 is 0.438 bits per heavy atom. The monoisotopic (exact) mass is 939 g/mol. The van der Waals surface area contributed by atoms with Crippen LogP contribution in [0.1, 0.15) is 19.8 Å². The lowest BCUT2D eigenvalue weighted by molar-refractivity contribution is -0.164. The van der Waals surface area contributed by atoms with E-state index in [1.165, 1.54) is 0 Å². The molecule has 0 saturated carbocycles. The molecule has 0 aliphatic rings. The van der Waals surface area contributed by atoms with Gasteiger partial charge < -0.3 is 95.5 Å². The van der Waals surface area contributed by atoms with Gasteiger partial charge in [0.2, 0.25) is 0 Å². The van der Waals surface area contributed by atoms with Crippen LogP contribution in [0.2, 0.25) is 0 Å². The summed E-state index contributed by atoms with van der Waals surface area (Å²) in [5.74, 6) is -2.30. The molecule has 2 N–H and O–H groups in total. The van der Waals surface area contributed by atoms with Crippen molar-refractivity contribution in [2.45, 2.75) is 19.8 Å². The van der Waals surface area contributed by atoms with E-state index >= 15 is 0 Å². The van der Waals surface area contributed by atoms with Gasteiger partial charge in [-0.05, 0) is 6.42 Å². The van der Waals surface area contributed by atoms with Crippen LogP contribution in [0.3, 0.4) is 0 Å². The Kier molecular flexibility index (Phi) is 54.0. The first-order chi connectivity index (χ1) is 31.7. The lowest BCUT2D eigenvalue weighted by atomic mass is 10.0. The number of esters is 2. The van der Waals surface area contributed by atoms with E-state index in [0.717, 1.165) is 0 Å². The SMILES string of the molecule is CCCC(C(=O)OCCOCCOCCOCCOCCOCCOCCOCCOCCO)C(=O)OCCOCCOCCOCCOCCOCCOCCOCCOCCO. The maximum atomic E-state index is 12.5. The molecule has 22 nitrogen and oxygen atoms in total. The summed E-state index contributed by atoms with van der Waals surface area (Å²) in [5, 5.41) is 17.2. The maximum Gasteiger partial charge on any atom is 0.320 e. The zero-order chi connectivity index (χ0) is 46.3. The van der Waals surface area contributed by atoms with Gasteiger partial charge in [0.1, 0.15) is 13.2 Å². The second kappa shape index (κ2) is 55.5. The summed E-state index contributed by atoms with van der Waals surface area (Å²) in [6.45, 7) is 15.1. The molecule has 0 rings (SSSR count). The van der Waals surface area contributed by atoms with Crippen molar-refractivity contribution in [3.05, 3.63) is 0 Å². The molecule has 0 amide bonds. The van der Waals surface area contributed by atoms with Crippen molar-refractivity contribution in [3.8, 4) is 0 Å². The van der Waals surface area contributed by atoms with Gasteiger partial charge in [0.15, 0.2) is 5.92 Å². The first-order valence-corrected chi connectivity index (χ1v) is 22.5. The first kappa shape index (κ1) is 62.2. The Labute approximate surface area is 380 Å². The molecule has 64 heavy (non-hydrogen) atoms. The molecule has 0 atom stereocenters. The molecular formula is C42H82O22. The van der Waals surface area contributed by atoms with Crippen LogP contribution in [-0.4, -0.2) is 260 Å². The number of ether oxygens (including phenoxy) is 18. The molecule has 0 aliphatic carbocycles. The van der Waals surface area contributed by atoms with Gasteiger partial charge in [0.25, 0.3) is 0 Å². The van der Waals surface area contributed by atoms with Gasteiger partial charge in [0, 0.05) is 0 Å². The summed E-state index contributed by atoms with van der Waals surface area (Å²) in [6.07, 6.45) is 0.916. The molecule has 0 heterocycles. The van der Waals surface area contributed by atoms with Crippen molar-refractivity contribution in [1.82, 2.24) is 0 Å². The largest absolute Gasteiger partial charge is 0.463 e. The molecule has 0 bridgehead atoms. The zero-order valence-electron chi connectivity index (χ0n) is 38.5. The summed E-state index contributed by atoms with van der Waals surface area (Å²) >= 11 is 0. The van der Waals surface area contributed by atoms with E-state index in [0.29, 0.717) is 211 Å². The highest BCUT2D eigenvalue weighted by molar-refractivity contribution is 5.94. The molecule has 0 spiro atoms. The van der Waals surface area contributed by atoms with Crippen LogP contribution in [0.5, 0.6) is 0 Å². The third-order valence-electron chi connectivity index (χ3n) is 7.77. The summed E-state index contributed by atoms with van der Waals surface area (Å²) in [5.41, 5.74) is 0. The predicted molar refractivity (Wildman–Crippen MR) is 228 cm³/mol. The molecular weight excluding hydrogens is 856 g/mol. The smallest absolute Gasteiger partial charge is 0.320 e. The van der Waals surface area contributed by atoms with Crippen LogP contribution in [-0.2, 0) is 94.9 Å². The van der Waals surface area contributed by atoms with E-state index in [1.54, 1.807) is 0 Å². The van der Waals surface area contributed by atoms with Crippen molar-refractivity contribution in [3.63, 3.8) is 0 Å². The number of carbonyl (C=O) groups excluding carboxylic acids is 2. The highest BCUT2D eigenvalue weighted by Gasteiger charge is 2.28. The van der Waals surface area contributed by atoms with Crippen molar-refractivity contribution < 1.29 is 105 Å². The van der Waals surface area contributed by atoms with Crippen molar-refractivity contribution >= 4 is 11.9 Å². The molecule has 0 unspecified atom stereocenters. The standard InChI is InChI=1S/C42H82O22/c1-2-3-40(41(45)63-38-36-61-34-32-59-30-28-57-26-24-55-22-20-53-18-16-51-14-12-49-10-8-47-6-4-43)42(46)64-39-37-62-35-33-60-31-29-58-27-25-56-23-21-54-19-17-52-15-13-50-11-9-48-7-5-44/h40,43-44H,2-39H2,1H3. The molecule has 382 valence electrons. The molecule has 0 aromatic heterocycles. The lowest BCUT2D eigenvalue weighted by Crippen LogP contribution is -2.29. The van der Waals surface area contributed by atoms with Gasteiger partial charge in [-0.25, -0.2) is 0 Å². The van der Waals surface area contributed by atoms with E-state index in [4.69, 9.17) is 95.5 Å². The Morgan fingerprint density at radius 1 is 0.281 bits per heavy atom. The fraction of sp³-hybridized carbons (Fsp3) is 0.952. The van der Waals surface area contributed by atoms with Crippen LogP contribution in [0, 0.1) is 5.92 Å². The quantitative estimate of drug-likeness (QED) is 0.0454. The summed E-state index contributed by atoms with van der Waals surface area (Å²) in [4.78, 5) is 25.1. The first-order valence-electron chi connectivity index (χ1n) is 22.5. The number of aliphatic hydroxyl groups excluding tert-OH is 2. The van der Waals surface area contributed by atoms with Crippen molar-refractivity contribution in [1.29, 1.82) is 0 Å². The third kappa shape index (κ3) is 49.6. The minimum absolute atomic E-state index is 0.00660. The lowest BCUT2D eigenvalue weighted by Gasteiger charge is -2.15. The molecule has 0 aromatic rings. The van der Waals surface area contributed by atoms with E-state index in [2.05, 4.69) is 0 Å². The fourth-order valence-electron chi connectivity index (χ4n) is 4.64. The van der Waals surface area contributed by atoms with Gasteiger partial charge in [-0.3, -0.25) is 9.59 Å². The van der Waals surface area contributed by atoms with Crippen LogP contribution < -0.4 is 0 Å². The Bertz CT molecular complexity index is 857. The molecule has 0 aliphatic heterocycles. The second-order valence-electron chi connectivity index (χ2n) is 12.9. The zero-order valence-corrected chi connectivity index (χ0v) is 38.5. The maximum absolute atomic E-state index is 12.5. The minimum Gasteiger partial charge on any atom is -0.463 e. The van der Waals surface area contributed by atoms with Crippen molar-refractivity contribution in [2.75, 3.05) is 238 Å². The average Bonchev–Trinajstić information content (AvgIpc) is 3.30. The summed E-state index contributed by atoms with van der Waals surface area (Å²) in [6, 6.07) is 0.